The van der Waals surface area contributed by atoms with Crippen molar-refractivity contribution in [2.24, 2.45) is 11.3 Å². The van der Waals surface area contributed by atoms with Crippen molar-refractivity contribution in [1.82, 2.24) is 0 Å². The van der Waals surface area contributed by atoms with Gasteiger partial charge in [0.2, 0.25) is 0 Å². The highest BCUT2D eigenvalue weighted by molar-refractivity contribution is 5.08. The van der Waals surface area contributed by atoms with E-state index >= 15 is 0 Å². The van der Waals surface area contributed by atoms with Crippen LogP contribution in [0.25, 0.3) is 0 Å². The zero-order valence-corrected chi connectivity index (χ0v) is 10.4. The van der Waals surface area contributed by atoms with Gasteiger partial charge in [0, 0.05) is 0 Å². The van der Waals surface area contributed by atoms with Crippen LogP contribution >= 0.6 is 0 Å². The second kappa shape index (κ2) is 3.46. The Bertz CT molecular complexity index is 242. The lowest BCUT2D eigenvalue weighted by molar-refractivity contribution is 0.00253. The quantitative estimate of drug-likeness (QED) is 0.779. The molecule has 2 bridgehead atoms. The Morgan fingerprint density at radius 2 is 2.07 bits per heavy atom. The first-order chi connectivity index (χ1) is 6.86. The summed E-state index contributed by atoms with van der Waals surface area (Å²) in [6.07, 6.45) is 4.68. The Balaban J connectivity index is 2.09. The molecule has 0 aromatic rings. The summed E-state index contributed by atoms with van der Waals surface area (Å²) in [7, 11) is 0. The summed E-state index contributed by atoms with van der Waals surface area (Å²) >= 11 is 0. The van der Waals surface area contributed by atoms with E-state index < -0.39 is 0 Å². The molecule has 4 atom stereocenters. The van der Waals surface area contributed by atoms with E-state index in [4.69, 9.17) is 4.74 Å². The zero-order valence-electron chi connectivity index (χ0n) is 10.4. The minimum Gasteiger partial charge on any atom is -0.393 e. The van der Waals surface area contributed by atoms with E-state index in [1.54, 1.807) is 0 Å². The van der Waals surface area contributed by atoms with Gasteiger partial charge in [-0.2, -0.15) is 0 Å². The lowest BCUT2D eigenvalue weighted by atomic mass is 9.62. The molecule has 0 aromatic heterocycles. The second-order valence-electron chi connectivity index (χ2n) is 6.26. The molecule has 0 radical (unpaired) electrons. The van der Waals surface area contributed by atoms with E-state index in [-0.39, 0.29) is 11.7 Å². The van der Waals surface area contributed by atoms with E-state index in [9.17, 15) is 5.11 Å². The number of hydrogen-bond acceptors (Lipinski definition) is 2. The van der Waals surface area contributed by atoms with Crippen LogP contribution in [0.15, 0.2) is 0 Å². The van der Waals surface area contributed by atoms with Crippen molar-refractivity contribution in [2.45, 2.75) is 71.2 Å². The predicted molar refractivity (Wildman–Crippen MR) is 60.7 cm³/mol. The number of fused-ring (bicyclic) bond motifs is 2. The first-order valence-corrected chi connectivity index (χ1v) is 6.22. The molecule has 2 heteroatoms. The summed E-state index contributed by atoms with van der Waals surface area (Å²) in [4.78, 5) is 0. The fraction of sp³-hybridized carbons (Fsp3) is 1.00. The Kier molecular flexibility index (Phi) is 2.63. The third-order valence-corrected chi connectivity index (χ3v) is 4.65. The van der Waals surface area contributed by atoms with Crippen LogP contribution in [-0.2, 0) is 4.74 Å². The van der Waals surface area contributed by atoms with E-state index in [1.165, 1.54) is 12.8 Å². The monoisotopic (exact) mass is 212 g/mol. The van der Waals surface area contributed by atoms with Crippen LogP contribution in [0.1, 0.15) is 53.4 Å². The van der Waals surface area contributed by atoms with Gasteiger partial charge in [-0.25, -0.2) is 0 Å². The Hall–Kier alpha value is -0.0800. The SMILES string of the molecule is CC(O)CC[C@H]1C(C)(C)[C@@H]2CC[C@@]1(C)O2. The van der Waals surface area contributed by atoms with Crippen LogP contribution in [-0.4, -0.2) is 22.9 Å². The Labute approximate surface area is 93.0 Å². The number of aliphatic hydroxyl groups is 1. The molecule has 2 nitrogen and oxygen atoms in total. The average molecular weight is 212 g/mol. The maximum Gasteiger partial charge on any atom is 0.0693 e. The van der Waals surface area contributed by atoms with E-state index in [2.05, 4.69) is 20.8 Å². The molecule has 2 aliphatic heterocycles. The molecule has 0 spiro atoms. The molecule has 2 aliphatic rings. The lowest BCUT2D eigenvalue weighted by Gasteiger charge is -2.39. The van der Waals surface area contributed by atoms with Crippen molar-refractivity contribution >= 4 is 0 Å². The van der Waals surface area contributed by atoms with Gasteiger partial charge < -0.3 is 9.84 Å². The zero-order chi connectivity index (χ0) is 11.3. The fourth-order valence-electron chi connectivity index (χ4n) is 3.74. The van der Waals surface area contributed by atoms with E-state index in [1.807, 2.05) is 6.92 Å². The topological polar surface area (TPSA) is 29.5 Å². The maximum atomic E-state index is 9.40. The summed E-state index contributed by atoms with van der Waals surface area (Å²) in [5.74, 6) is 0.610. The molecular formula is C13H24O2. The van der Waals surface area contributed by atoms with Crippen LogP contribution in [0.3, 0.4) is 0 Å². The summed E-state index contributed by atoms with van der Waals surface area (Å²) in [6, 6.07) is 0. The van der Waals surface area contributed by atoms with Crippen LogP contribution in [0, 0.1) is 11.3 Å². The molecule has 15 heavy (non-hydrogen) atoms. The highest BCUT2D eigenvalue weighted by Crippen LogP contribution is 2.59. The van der Waals surface area contributed by atoms with E-state index in [0.717, 1.165) is 12.8 Å². The summed E-state index contributed by atoms with van der Waals surface area (Å²) in [6.45, 7) is 8.79. The van der Waals surface area contributed by atoms with Gasteiger partial charge in [0.1, 0.15) is 0 Å². The van der Waals surface area contributed by atoms with Gasteiger partial charge in [0.05, 0.1) is 17.8 Å². The van der Waals surface area contributed by atoms with Crippen molar-refractivity contribution in [3.05, 3.63) is 0 Å². The lowest BCUT2D eigenvalue weighted by Crippen LogP contribution is -2.40. The molecule has 0 aliphatic carbocycles. The third kappa shape index (κ3) is 1.72. The van der Waals surface area contributed by atoms with Gasteiger partial charge >= 0.3 is 0 Å². The van der Waals surface area contributed by atoms with Crippen molar-refractivity contribution in [3.8, 4) is 0 Å². The van der Waals surface area contributed by atoms with Gasteiger partial charge in [-0.05, 0) is 50.9 Å². The predicted octanol–water partition coefficient (Wildman–Crippen LogP) is 2.74. The molecule has 0 saturated carbocycles. The molecule has 88 valence electrons. The summed E-state index contributed by atoms with van der Waals surface area (Å²) in [5, 5.41) is 9.40. The minimum atomic E-state index is -0.177. The standard InChI is InChI=1S/C13H24O2/c1-9(14)5-6-10-12(2,3)11-7-8-13(10,4)15-11/h9-11,14H,5-8H2,1-4H3/t9?,10-,11-,13+/m0/s1. The third-order valence-electron chi connectivity index (χ3n) is 4.65. The highest BCUT2D eigenvalue weighted by Gasteiger charge is 2.60. The highest BCUT2D eigenvalue weighted by atomic mass is 16.5. The first-order valence-electron chi connectivity index (χ1n) is 6.22. The normalized spacial score (nSPS) is 44.6. The molecule has 0 aromatic carbocycles. The van der Waals surface area contributed by atoms with Crippen molar-refractivity contribution < 1.29 is 9.84 Å². The Morgan fingerprint density at radius 1 is 1.40 bits per heavy atom. The minimum absolute atomic E-state index is 0.0864. The number of aliphatic hydroxyl groups excluding tert-OH is 1. The van der Waals surface area contributed by atoms with E-state index in [0.29, 0.717) is 17.4 Å². The van der Waals surface area contributed by atoms with Gasteiger partial charge in [-0.1, -0.05) is 13.8 Å². The van der Waals surface area contributed by atoms with Crippen LogP contribution in [0.2, 0.25) is 0 Å². The molecule has 0 amide bonds. The van der Waals surface area contributed by atoms with Crippen LogP contribution in [0.4, 0.5) is 0 Å². The number of ether oxygens (including phenoxy) is 1. The summed E-state index contributed by atoms with van der Waals surface area (Å²) in [5.41, 5.74) is 0.380. The van der Waals surface area contributed by atoms with Crippen molar-refractivity contribution in [3.63, 3.8) is 0 Å². The van der Waals surface area contributed by atoms with Gasteiger partial charge in [-0.3, -0.25) is 0 Å². The maximum absolute atomic E-state index is 9.40. The smallest absolute Gasteiger partial charge is 0.0693 e. The average Bonchev–Trinajstić information content (AvgIpc) is 2.54. The first kappa shape index (κ1) is 11.4. The summed E-state index contributed by atoms with van der Waals surface area (Å²) < 4.78 is 6.14. The molecule has 1 N–H and O–H groups in total. The second-order valence-corrected chi connectivity index (χ2v) is 6.26. The largest absolute Gasteiger partial charge is 0.393 e. The molecule has 2 rings (SSSR count). The molecule has 1 unspecified atom stereocenters. The Morgan fingerprint density at radius 3 is 2.53 bits per heavy atom. The van der Waals surface area contributed by atoms with Crippen molar-refractivity contribution in [2.75, 3.05) is 0 Å². The van der Waals surface area contributed by atoms with Gasteiger partial charge in [-0.15, -0.1) is 0 Å². The van der Waals surface area contributed by atoms with Crippen LogP contribution < -0.4 is 0 Å². The number of hydrogen-bond donors (Lipinski definition) is 1. The van der Waals surface area contributed by atoms with Crippen LogP contribution in [0.5, 0.6) is 0 Å². The molecular weight excluding hydrogens is 188 g/mol. The molecule has 2 saturated heterocycles. The van der Waals surface area contributed by atoms with Gasteiger partial charge in [0.15, 0.2) is 0 Å². The molecule has 2 heterocycles. The number of rotatable bonds is 3. The van der Waals surface area contributed by atoms with Gasteiger partial charge in [0.25, 0.3) is 0 Å². The fourth-order valence-corrected chi connectivity index (χ4v) is 3.74. The molecule has 2 fully saturated rings. The van der Waals surface area contributed by atoms with Crippen molar-refractivity contribution in [1.29, 1.82) is 0 Å².